The maximum absolute atomic E-state index is 12.8. The van der Waals surface area contributed by atoms with E-state index in [1.54, 1.807) is 6.07 Å². The van der Waals surface area contributed by atoms with E-state index in [1.807, 2.05) is 6.92 Å². The zero-order chi connectivity index (χ0) is 13.9. The molecule has 3 nitrogen and oxygen atoms in total. The van der Waals surface area contributed by atoms with Gasteiger partial charge in [-0.1, -0.05) is 6.92 Å². The largest absolute Gasteiger partial charge is 0.389 e. The van der Waals surface area contributed by atoms with Crippen LogP contribution in [0.5, 0.6) is 0 Å². The van der Waals surface area contributed by atoms with Gasteiger partial charge in [0.05, 0.1) is 17.5 Å². The first kappa shape index (κ1) is 14.4. The van der Waals surface area contributed by atoms with Gasteiger partial charge in [-0.3, -0.25) is 4.98 Å². The summed E-state index contributed by atoms with van der Waals surface area (Å²) in [6.07, 6.45) is 5.10. The highest BCUT2D eigenvalue weighted by molar-refractivity contribution is 5.09. The molecule has 1 aliphatic carbocycles. The molecular weight excluding hydrogens is 243 g/mol. The summed E-state index contributed by atoms with van der Waals surface area (Å²) in [6, 6.07) is 3.11. The molecule has 0 saturated heterocycles. The molecule has 1 heterocycles. The van der Waals surface area contributed by atoms with Crippen LogP contribution in [0.4, 0.5) is 4.39 Å². The Balaban J connectivity index is 1.86. The van der Waals surface area contributed by atoms with Crippen LogP contribution in [0, 0.1) is 11.7 Å². The van der Waals surface area contributed by atoms with Crippen molar-refractivity contribution >= 4 is 0 Å². The van der Waals surface area contributed by atoms with Gasteiger partial charge < -0.3 is 10.4 Å². The maximum atomic E-state index is 12.8. The number of nitrogens with zero attached hydrogens (tertiary/aromatic N) is 1. The van der Waals surface area contributed by atoms with E-state index in [1.165, 1.54) is 12.3 Å². The van der Waals surface area contributed by atoms with Gasteiger partial charge in [0.2, 0.25) is 0 Å². The van der Waals surface area contributed by atoms with Crippen LogP contribution in [0.25, 0.3) is 0 Å². The van der Waals surface area contributed by atoms with Gasteiger partial charge >= 0.3 is 0 Å². The first-order chi connectivity index (χ1) is 8.98. The van der Waals surface area contributed by atoms with E-state index in [0.29, 0.717) is 6.54 Å². The zero-order valence-corrected chi connectivity index (χ0v) is 11.7. The second-order valence-electron chi connectivity index (χ2n) is 5.91. The third-order valence-corrected chi connectivity index (χ3v) is 4.14. The summed E-state index contributed by atoms with van der Waals surface area (Å²) in [6.45, 7) is 4.78. The molecule has 1 aromatic heterocycles. The van der Waals surface area contributed by atoms with E-state index in [4.69, 9.17) is 0 Å². The predicted molar refractivity (Wildman–Crippen MR) is 73.2 cm³/mol. The van der Waals surface area contributed by atoms with Gasteiger partial charge in [-0.05, 0) is 50.7 Å². The average molecular weight is 266 g/mol. The van der Waals surface area contributed by atoms with Crippen molar-refractivity contribution in [2.24, 2.45) is 5.92 Å². The third-order valence-electron chi connectivity index (χ3n) is 4.14. The molecule has 1 fully saturated rings. The number of rotatable bonds is 4. The highest BCUT2D eigenvalue weighted by Gasteiger charge is 2.31. The Morgan fingerprint density at radius 3 is 2.74 bits per heavy atom. The minimum absolute atomic E-state index is 0.0176. The highest BCUT2D eigenvalue weighted by atomic mass is 19.1. The summed E-state index contributed by atoms with van der Waals surface area (Å²) in [5.74, 6) is 0.396. The standard InChI is InChI=1S/C15H23FN2O/c1-11-5-7-15(19,8-6-11)10-18-12(2)14-4-3-13(16)9-17-14/h3-4,9,11-12,18-19H,5-8,10H2,1-2H3. The van der Waals surface area contributed by atoms with E-state index in [0.717, 1.165) is 37.3 Å². The Hall–Kier alpha value is -1.00. The second kappa shape index (κ2) is 5.97. The normalized spacial score (nSPS) is 29.2. The van der Waals surface area contributed by atoms with Crippen LogP contribution in [-0.2, 0) is 0 Å². The minimum Gasteiger partial charge on any atom is -0.389 e. The van der Waals surface area contributed by atoms with E-state index in [-0.39, 0.29) is 11.9 Å². The van der Waals surface area contributed by atoms with Crippen LogP contribution < -0.4 is 5.32 Å². The van der Waals surface area contributed by atoms with E-state index >= 15 is 0 Å². The molecule has 19 heavy (non-hydrogen) atoms. The number of aromatic nitrogens is 1. The predicted octanol–water partition coefficient (Wildman–Crippen LogP) is 2.81. The molecule has 0 radical (unpaired) electrons. The number of halogens is 1. The summed E-state index contributed by atoms with van der Waals surface area (Å²) in [7, 11) is 0. The Bertz CT molecular complexity index is 399. The zero-order valence-electron chi connectivity index (χ0n) is 11.7. The first-order valence-corrected chi connectivity index (χ1v) is 7.06. The summed E-state index contributed by atoms with van der Waals surface area (Å²) in [4.78, 5) is 4.06. The van der Waals surface area contributed by atoms with E-state index in [9.17, 15) is 9.50 Å². The molecule has 1 atom stereocenters. The van der Waals surface area contributed by atoms with Crippen LogP contribution in [0.15, 0.2) is 18.3 Å². The molecule has 0 spiro atoms. The summed E-state index contributed by atoms with van der Waals surface area (Å²) in [5.41, 5.74) is 0.204. The summed E-state index contributed by atoms with van der Waals surface area (Å²) in [5, 5.41) is 13.8. The highest BCUT2D eigenvalue weighted by Crippen LogP contribution is 2.31. The fraction of sp³-hybridized carbons (Fsp3) is 0.667. The maximum Gasteiger partial charge on any atom is 0.141 e. The Morgan fingerprint density at radius 2 is 2.16 bits per heavy atom. The van der Waals surface area contributed by atoms with Gasteiger partial charge in [-0.15, -0.1) is 0 Å². The van der Waals surface area contributed by atoms with Crippen molar-refractivity contribution in [1.29, 1.82) is 0 Å². The first-order valence-electron chi connectivity index (χ1n) is 7.06. The number of pyridine rings is 1. The fourth-order valence-electron chi connectivity index (χ4n) is 2.57. The molecule has 0 bridgehead atoms. The van der Waals surface area contributed by atoms with Crippen molar-refractivity contribution in [1.82, 2.24) is 10.3 Å². The van der Waals surface area contributed by atoms with Crippen LogP contribution in [0.1, 0.15) is 51.3 Å². The molecular formula is C15H23FN2O. The van der Waals surface area contributed by atoms with E-state index < -0.39 is 5.60 Å². The quantitative estimate of drug-likeness (QED) is 0.881. The Labute approximate surface area is 114 Å². The van der Waals surface area contributed by atoms with Crippen molar-refractivity contribution < 1.29 is 9.50 Å². The van der Waals surface area contributed by atoms with Crippen LogP contribution in [0.2, 0.25) is 0 Å². The monoisotopic (exact) mass is 266 g/mol. The lowest BCUT2D eigenvalue weighted by Gasteiger charge is -2.35. The number of hydrogen-bond donors (Lipinski definition) is 2. The van der Waals surface area contributed by atoms with Crippen LogP contribution in [-0.4, -0.2) is 22.2 Å². The van der Waals surface area contributed by atoms with Crippen LogP contribution in [0.3, 0.4) is 0 Å². The SMILES string of the molecule is CC1CCC(O)(CNC(C)c2ccc(F)cn2)CC1. The molecule has 1 saturated carbocycles. The van der Waals surface area contributed by atoms with Crippen molar-refractivity contribution in [3.05, 3.63) is 29.8 Å². The average Bonchev–Trinajstić information content (AvgIpc) is 2.41. The molecule has 1 unspecified atom stereocenters. The van der Waals surface area contributed by atoms with Crippen molar-refractivity contribution in [2.75, 3.05) is 6.54 Å². The van der Waals surface area contributed by atoms with Crippen LogP contribution >= 0.6 is 0 Å². The topological polar surface area (TPSA) is 45.1 Å². The van der Waals surface area contributed by atoms with Gasteiger partial charge in [0, 0.05) is 12.6 Å². The molecule has 1 aromatic rings. The lowest BCUT2D eigenvalue weighted by molar-refractivity contribution is -0.00792. The number of aliphatic hydroxyl groups is 1. The Morgan fingerprint density at radius 1 is 1.47 bits per heavy atom. The number of hydrogen-bond acceptors (Lipinski definition) is 3. The molecule has 0 aliphatic heterocycles. The lowest BCUT2D eigenvalue weighted by atomic mass is 9.79. The second-order valence-corrected chi connectivity index (χ2v) is 5.91. The molecule has 0 aromatic carbocycles. The van der Waals surface area contributed by atoms with Crippen molar-refractivity contribution in [3.63, 3.8) is 0 Å². The lowest BCUT2D eigenvalue weighted by Crippen LogP contribution is -2.44. The van der Waals surface area contributed by atoms with Gasteiger partial charge in [0.1, 0.15) is 5.82 Å². The number of nitrogens with one attached hydrogen (secondary N) is 1. The summed E-state index contributed by atoms with van der Waals surface area (Å²) < 4.78 is 12.8. The molecule has 106 valence electrons. The molecule has 4 heteroatoms. The molecule has 0 amide bonds. The molecule has 2 rings (SSSR count). The van der Waals surface area contributed by atoms with Gasteiger partial charge in [0.25, 0.3) is 0 Å². The smallest absolute Gasteiger partial charge is 0.141 e. The summed E-state index contributed by atoms with van der Waals surface area (Å²) >= 11 is 0. The van der Waals surface area contributed by atoms with E-state index in [2.05, 4.69) is 17.2 Å². The van der Waals surface area contributed by atoms with Gasteiger partial charge in [-0.2, -0.15) is 0 Å². The van der Waals surface area contributed by atoms with Crippen molar-refractivity contribution in [3.8, 4) is 0 Å². The van der Waals surface area contributed by atoms with Gasteiger partial charge in [0.15, 0.2) is 0 Å². The fourth-order valence-corrected chi connectivity index (χ4v) is 2.57. The molecule has 1 aliphatic rings. The van der Waals surface area contributed by atoms with Crippen molar-refractivity contribution in [2.45, 2.75) is 51.2 Å². The van der Waals surface area contributed by atoms with Gasteiger partial charge in [-0.25, -0.2) is 4.39 Å². The Kier molecular flexibility index (Phi) is 4.53. The minimum atomic E-state index is -0.596. The molecule has 2 N–H and O–H groups in total. The third kappa shape index (κ3) is 3.98.